The Kier molecular flexibility index (Phi) is 3.06. The van der Waals surface area contributed by atoms with Gasteiger partial charge >= 0.3 is 6.03 Å². The number of β-amino-alcohol motifs (C(OH)–C–C–N with tert-alkyl or cyclic N) is 1. The Labute approximate surface area is 116 Å². The molecule has 1 fully saturated rings. The third-order valence-corrected chi connectivity index (χ3v) is 3.56. The van der Waals surface area contributed by atoms with Gasteiger partial charge in [0, 0.05) is 25.5 Å². The standard InChI is InChI=1S/C13H17N5O2/c1-8-11-5-9(6-14-12(11)17(2)16-8)15-13(20)18-4-3-10(19)7-18/h5-6,10,19H,3-4,7H2,1-2H3,(H,15,20)/t10-/m1/s1. The van der Waals surface area contributed by atoms with Crippen molar-refractivity contribution >= 4 is 22.8 Å². The van der Waals surface area contributed by atoms with Crippen LogP contribution in [0.15, 0.2) is 12.3 Å². The first-order valence-corrected chi connectivity index (χ1v) is 6.58. The van der Waals surface area contributed by atoms with Gasteiger partial charge in [-0.25, -0.2) is 9.78 Å². The van der Waals surface area contributed by atoms with Crippen molar-refractivity contribution in [3.05, 3.63) is 18.0 Å². The summed E-state index contributed by atoms with van der Waals surface area (Å²) in [6.07, 6.45) is 1.84. The number of aromatic nitrogens is 3. The summed E-state index contributed by atoms with van der Waals surface area (Å²) in [7, 11) is 1.84. The minimum atomic E-state index is -0.415. The number of likely N-dealkylation sites (tertiary alicyclic amines) is 1. The van der Waals surface area contributed by atoms with Crippen LogP contribution in [0.4, 0.5) is 10.5 Å². The number of aliphatic hydroxyl groups is 1. The van der Waals surface area contributed by atoms with E-state index in [0.29, 0.717) is 25.2 Å². The number of carbonyl (C=O) groups excluding carboxylic acids is 1. The molecular weight excluding hydrogens is 258 g/mol. The van der Waals surface area contributed by atoms with Gasteiger partial charge < -0.3 is 15.3 Å². The number of nitrogens with one attached hydrogen (secondary N) is 1. The number of hydrogen-bond acceptors (Lipinski definition) is 4. The fourth-order valence-corrected chi connectivity index (χ4v) is 2.51. The summed E-state index contributed by atoms with van der Waals surface area (Å²) >= 11 is 0. The minimum absolute atomic E-state index is 0.204. The normalized spacial score (nSPS) is 18.8. The zero-order chi connectivity index (χ0) is 14.3. The molecule has 1 aliphatic rings. The van der Waals surface area contributed by atoms with Gasteiger partial charge in [-0.1, -0.05) is 0 Å². The predicted molar refractivity (Wildman–Crippen MR) is 74.5 cm³/mol. The van der Waals surface area contributed by atoms with Crippen molar-refractivity contribution in [2.75, 3.05) is 18.4 Å². The van der Waals surface area contributed by atoms with Crippen LogP contribution in [0.3, 0.4) is 0 Å². The Morgan fingerprint density at radius 3 is 3.05 bits per heavy atom. The van der Waals surface area contributed by atoms with Crippen molar-refractivity contribution in [1.82, 2.24) is 19.7 Å². The van der Waals surface area contributed by atoms with E-state index in [1.807, 2.05) is 20.0 Å². The molecule has 3 rings (SSSR count). The summed E-state index contributed by atoms with van der Waals surface area (Å²) in [5.41, 5.74) is 2.31. The van der Waals surface area contributed by atoms with Crippen LogP contribution in [0, 0.1) is 6.92 Å². The molecule has 1 atom stereocenters. The van der Waals surface area contributed by atoms with Gasteiger partial charge in [0.2, 0.25) is 0 Å². The molecule has 2 aromatic heterocycles. The van der Waals surface area contributed by atoms with Gasteiger partial charge in [0.25, 0.3) is 0 Å². The fourth-order valence-electron chi connectivity index (χ4n) is 2.51. The number of urea groups is 1. The lowest BCUT2D eigenvalue weighted by molar-refractivity contribution is 0.176. The first-order chi connectivity index (χ1) is 9.54. The van der Waals surface area contributed by atoms with E-state index in [-0.39, 0.29) is 6.03 Å². The van der Waals surface area contributed by atoms with Crippen molar-refractivity contribution in [2.45, 2.75) is 19.4 Å². The molecule has 1 saturated heterocycles. The summed E-state index contributed by atoms with van der Waals surface area (Å²) in [6.45, 7) is 2.87. The van der Waals surface area contributed by atoms with Crippen molar-refractivity contribution in [1.29, 1.82) is 0 Å². The quantitative estimate of drug-likeness (QED) is 0.809. The number of fused-ring (bicyclic) bond motifs is 1. The molecule has 0 bridgehead atoms. The first kappa shape index (κ1) is 12.9. The van der Waals surface area contributed by atoms with Gasteiger partial charge in [-0.2, -0.15) is 5.10 Å². The topological polar surface area (TPSA) is 83.3 Å². The highest BCUT2D eigenvalue weighted by Gasteiger charge is 2.24. The molecule has 0 unspecified atom stereocenters. The van der Waals surface area contributed by atoms with Crippen molar-refractivity contribution < 1.29 is 9.90 Å². The predicted octanol–water partition coefficient (Wildman–Crippen LogP) is 0.875. The van der Waals surface area contributed by atoms with Crippen molar-refractivity contribution in [3.63, 3.8) is 0 Å². The number of rotatable bonds is 1. The molecule has 7 nitrogen and oxygen atoms in total. The van der Waals surface area contributed by atoms with Crippen LogP contribution in [0.2, 0.25) is 0 Å². The molecule has 1 aliphatic heterocycles. The molecule has 0 aromatic carbocycles. The number of pyridine rings is 1. The summed E-state index contributed by atoms with van der Waals surface area (Å²) in [6, 6.07) is 1.67. The summed E-state index contributed by atoms with van der Waals surface area (Å²) in [5, 5.41) is 17.5. The highest BCUT2D eigenvalue weighted by atomic mass is 16.3. The Morgan fingerprint density at radius 2 is 2.35 bits per heavy atom. The lowest BCUT2D eigenvalue weighted by Gasteiger charge is -2.16. The van der Waals surface area contributed by atoms with Crippen LogP contribution < -0.4 is 5.32 Å². The third-order valence-electron chi connectivity index (χ3n) is 3.56. The maximum atomic E-state index is 12.0. The van der Waals surface area contributed by atoms with Crippen LogP contribution in [0.1, 0.15) is 12.1 Å². The van der Waals surface area contributed by atoms with Crippen LogP contribution in [0.25, 0.3) is 11.0 Å². The molecule has 2 aromatic rings. The van der Waals surface area contributed by atoms with Gasteiger partial charge in [0.1, 0.15) is 0 Å². The largest absolute Gasteiger partial charge is 0.391 e. The highest BCUT2D eigenvalue weighted by molar-refractivity contribution is 5.92. The summed E-state index contributed by atoms with van der Waals surface area (Å²) in [5.74, 6) is 0. The van der Waals surface area contributed by atoms with E-state index >= 15 is 0 Å². The number of aryl methyl sites for hydroxylation is 2. The van der Waals surface area contributed by atoms with E-state index in [4.69, 9.17) is 0 Å². The number of amides is 2. The zero-order valence-corrected chi connectivity index (χ0v) is 11.5. The van der Waals surface area contributed by atoms with Crippen molar-refractivity contribution in [2.24, 2.45) is 7.05 Å². The van der Waals surface area contributed by atoms with Gasteiger partial charge in [-0.15, -0.1) is 0 Å². The molecule has 3 heterocycles. The molecular formula is C13H17N5O2. The lowest BCUT2D eigenvalue weighted by atomic mass is 10.2. The average molecular weight is 275 g/mol. The van der Waals surface area contributed by atoms with Gasteiger partial charge in [0.05, 0.1) is 23.7 Å². The summed E-state index contributed by atoms with van der Waals surface area (Å²) < 4.78 is 1.72. The van der Waals surface area contributed by atoms with Gasteiger partial charge in [0.15, 0.2) is 5.65 Å². The maximum absolute atomic E-state index is 12.0. The van der Waals surface area contributed by atoms with Gasteiger partial charge in [-0.05, 0) is 19.4 Å². The van der Waals surface area contributed by atoms with Gasteiger partial charge in [-0.3, -0.25) is 4.68 Å². The molecule has 0 spiro atoms. The molecule has 2 amide bonds. The fraction of sp³-hybridized carbons (Fsp3) is 0.462. The van der Waals surface area contributed by atoms with E-state index < -0.39 is 6.10 Å². The maximum Gasteiger partial charge on any atom is 0.321 e. The second-order valence-corrected chi connectivity index (χ2v) is 5.12. The Morgan fingerprint density at radius 1 is 1.55 bits per heavy atom. The second kappa shape index (κ2) is 4.75. The molecule has 2 N–H and O–H groups in total. The van der Waals surface area contributed by atoms with Crippen LogP contribution >= 0.6 is 0 Å². The molecule has 0 saturated carbocycles. The van der Waals surface area contributed by atoms with E-state index in [2.05, 4.69) is 15.4 Å². The Bertz CT molecular complexity index is 666. The number of anilines is 1. The number of nitrogens with zero attached hydrogens (tertiary/aromatic N) is 4. The number of aliphatic hydroxyl groups excluding tert-OH is 1. The monoisotopic (exact) mass is 275 g/mol. The Balaban J connectivity index is 1.81. The average Bonchev–Trinajstić information content (AvgIpc) is 2.95. The van der Waals surface area contributed by atoms with E-state index in [1.54, 1.807) is 15.8 Å². The molecule has 20 heavy (non-hydrogen) atoms. The molecule has 0 aliphatic carbocycles. The van der Waals surface area contributed by atoms with E-state index in [9.17, 15) is 9.90 Å². The third kappa shape index (κ3) is 2.20. The minimum Gasteiger partial charge on any atom is -0.391 e. The highest BCUT2D eigenvalue weighted by Crippen LogP contribution is 2.20. The second-order valence-electron chi connectivity index (χ2n) is 5.12. The van der Waals surface area contributed by atoms with Crippen LogP contribution in [0.5, 0.6) is 0 Å². The number of hydrogen-bond donors (Lipinski definition) is 2. The van der Waals surface area contributed by atoms with E-state index in [1.165, 1.54) is 0 Å². The SMILES string of the molecule is Cc1nn(C)c2ncc(NC(=O)N3CC[C@@H](O)C3)cc12. The lowest BCUT2D eigenvalue weighted by Crippen LogP contribution is -2.33. The summed E-state index contributed by atoms with van der Waals surface area (Å²) in [4.78, 5) is 18.0. The molecule has 0 radical (unpaired) electrons. The van der Waals surface area contributed by atoms with Crippen LogP contribution in [-0.4, -0.2) is 50.0 Å². The molecule has 106 valence electrons. The first-order valence-electron chi connectivity index (χ1n) is 6.58. The Hall–Kier alpha value is -2.15. The smallest absolute Gasteiger partial charge is 0.321 e. The zero-order valence-electron chi connectivity index (χ0n) is 11.5. The number of carbonyl (C=O) groups is 1. The van der Waals surface area contributed by atoms with Crippen molar-refractivity contribution in [3.8, 4) is 0 Å². The molecule has 7 heteroatoms. The van der Waals surface area contributed by atoms with Crippen LogP contribution in [-0.2, 0) is 7.05 Å². The van der Waals surface area contributed by atoms with E-state index in [0.717, 1.165) is 16.7 Å².